The average Bonchev–Trinajstić information content (AvgIpc) is 2.59. The SMILES string of the molecule is CC(C)C(=O)N1CCN(C)C(CCC(C)C(=O)N2CCN(C)CC2C)C1. The van der Waals surface area contributed by atoms with Gasteiger partial charge in [0.25, 0.3) is 0 Å². The molecule has 2 rings (SSSR count). The van der Waals surface area contributed by atoms with Crippen LogP contribution in [0, 0.1) is 11.8 Å². The van der Waals surface area contributed by atoms with Gasteiger partial charge in [-0.25, -0.2) is 0 Å². The molecule has 26 heavy (non-hydrogen) atoms. The molecule has 0 N–H and O–H groups in total. The van der Waals surface area contributed by atoms with Crippen LogP contribution in [-0.4, -0.2) is 96.9 Å². The molecule has 3 atom stereocenters. The first kappa shape index (κ1) is 21.2. The second-order valence-corrected chi connectivity index (χ2v) is 8.69. The van der Waals surface area contributed by atoms with Gasteiger partial charge in [-0.05, 0) is 33.9 Å². The monoisotopic (exact) mass is 366 g/mol. The molecule has 6 heteroatoms. The Labute approximate surface area is 159 Å². The maximum absolute atomic E-state index is 12.9. The fraction of sp³-hybridized carbons (Fsp3) is 0.900. The van der Waals surface area contributed by atoms with E-state index in [2.05, 4.69) is 42.6 Å². The third-order valence-corrected chi connectivity index (χ3v) is 6.05. The molecular weight excluding hydrogens is 328 g/mol. The smallest absolute Gasteiger partial charge is 0.225 e. The van der Waals surface area contributed by atoms with E-state index in [0.717, 1.165) is 52.1 Å². The average molecular weight is 367 g/mol. The minimum absolute atomic E-state index is 0.0467. The van der Waals surface area contributed by atoms with Crippen molar-refractivity contribution in [3.8, 4) is 0 Å². The molecule has 2 saturated heterocycles. The van der Waals surface area contributed by atoms with Crippen molar-refractivity contribution in [3.05, 3.63) is 0 Å². The van der Waals surface area contributed by atoms with Crippen molar-refractivity contribution in [1.82, 2.24) is 19.6 Å². The largest absolute Gasteiger partial charge is 0.340 e. The second kappa shape index (κ2) is 9.18. The molecule has 0 aromatic rings. The van der Waals surface area contributed by atoms with Crippen LogP contribution in [0.15, 0.2) is 0 Å². The van der Waals surface area contributed by atoms with Gasteiger partial charge in [0.1, 0.15) is 0 Å². The van der Waals surface area contributed by atoms with E-state index in [-0.39, 0.29) is 17.7 Å². The normalized spacial score (nSPS) is 27.0. The first-order valence-corrected chi connectivity index (χ1v) is 10.2. The first-order chi connectivity index (χ1) is 12.2. The quantitative estimate of drug-likeness (QED) is 0.737. The van der Waals surface area contributed by atoms with Crippen molar-refractivity contribution in [2.75, 3.05) is 53.4 Å². The lowest BCUT2D eigenvalue weighted by atomic mass is 9.97. The molecule has 0 bridgehead atoms. The number of carbonyl (C=O) groups excluding carboxylic acids is 2. The van der Waals surface area contributed by atoms with Crippen molar-refractivity contribution in [1.29, 1.82) is 0 Å². The zero-order valence-electron chi connectivity index (χ0n) is 17.6. The van der Waals surface area contributed by atoms with Gasteiger partial charge < -0.3 is 14.7 Å². The summed E-state index contributed by atoms with van der Waals surface area (Å²) in [6.07, 6.45) is 1.85. The zero-order valence-corrected chi connectivity index (χ0v) is 17.6. The van der Waals surface area contributed by atoms with Crippen molar-refractivity contribution in [3.63, 3.8) is 0 Å². The minimum atomic E-state index is 0.0467. The van der Waals surface area contributed by atoms with Gasteiger partial charge in [-0.3, -0.25) is 14.5 Å². The summed E-state index contributed by atoms with van der Waals surface area (Å²) in [7, 11) is 4.25. The molecule has 2 fully saturated rings. The molecule has 3 unspecified atom stereocenters. The Morgan fingerprint density at radius 1 is 0.962 bits per heavy atom. The fourth-order valence-electron chi connectivity index (χ4n) is 4.14. The van der Waals surface area contributed by atoms with Crippen LogP contribution in [0.5, 0.6) is 0 Å². The number of amides is 2. The van der Waals surface area contributed by atoms with Gasteiger partial charge in [0.15, 0.2) is 0 Å². The Bertz CT molecular complexity index is 496. The van der Waals surface area contributed by atoms with Crippen LogP contribution in [-0.2, 0) is 9.59 Å². The van der Waals surface area contributed by atoms with Crippen LogP contribution in [0.2, 0.25) is 0 Å². The van der Waals surface area contributed by atoms with Gasteiger partial charge in [-0.1, -0.05) is 20.8 Å². The summed E-state index contributed by atoms with van der Waals surface area (Å²) in [6, 6.07) is 0.645. The van der Waals surface area contributed by atoms with Gasteiger partial charge >= 0.3 is 0 Å². The number of hydrogen-bond donors (Lipinski definition) is 0. The molecule has 0 radical (unpaired) electrons. The van der Waals surface area contributed by atoms with E-state index in [1.54, 1.807) is 0 Å². The van der Waals surface area contributed by atoms with Gasteiger partial charge in [0, 0.05) is 63.2 Å². The number of hydrogen-bond acceptors (Lipinski definition) is 4. The van der Waals surface area contributed by atoms with Crippen LogP contribution in [0.25, 0.3) is 0 Å². The Hall–Kier alpha value is -1.14. The van der Waals surface area contributed by atoms with Gasteiger partial charge in [0.2, 0.25) is 11.8 Å². The highest BCUT2D eigenvalue weighted by Crippen LogP contribution is 2.20. The van der Waals surface area contributed by atoms with Gasteiger partial charge in [0.05, 0.1) is 0 Å². The molecule has 0 saturated carbocycles. The maximum atomic E-state index is 12.9. The molecule has 2 amide bonds. The van der Waals surface area contributed by atoms with Crippen LogP contribution in [0.1, 0.15) is 40.5 Å². The molecule has 6 nitrogen and oxygen atoms in total. The summed E-state index contributed by atoms with van der Waals surface area (Å²) in [6.45, 7) is 13.4. The van der Waals surface area contributed by atoms with Crippen molar-refractivity contribution < 1.29 is 9.59 Å². The summed E-state index contributed by atoms with van der Waals surface area (Å²) in [5.74, 6) is 0.640. The highest BCUT2D eigenvalue weighted by molar-refractivity contribution is 5.79. The highest BCUT2D eigenvalue weighted by Gasteiger charge is 2.31. The number of nitrogens with zero attached hydrogens (tertiary/aromatic N) is 4. The van der Waals surface area contributed by atoms with Crippen LogP contribution >= 0.6 is 0 Å². The highest BCUT2D eigenvalue weighted by atomic mass is 16.2. The molecule has 0 spiro atoms. The molecule has 2 aliphatic rings. The van der Waals surface area contributed by atoms with Crippen LogP contribution in [0.4, 0.5) is 0 Å². The predicted octanol–water partition coefficient (Wildman–Crippen LogP) is 1.36. The summed E-state index contributed by atoms with van der Waals surface area (Å²) in [4.78, 5) is 33.9. The topological polar surface area (TPSA) is 47.1 Å². The van der Waals surface area contributed by atoms with E-state index >= 15 is 0 Å². The molecule has 0 aliphatic carbocycles. The van der Waals surface area contributed by atoms with E-state index in [0.29, 0.717) is 18.0 Å². The second-order valence-electron chi connectivity index (χ2n) is 8.69. The van der Waals surface area contributed by atoms with Crippen molar-refractivity contribution in [2.45, 2.75) is 52.6 Å². The van der Waals surface area contributed by atoms with E-state index in [1.807, 2.05) is 18.7 Å². The predicted molar refractivity (Wildman–Crippen MR) is 105 cm³/mol. The molecular formula is C20H38N4O2. The summed E-state index contributed by atoms with van der Waals surface area (Å²) in [5, 5.41) is 0. The van der Waals surface area contributed by atoms with E-state index in [1.165, 1.54) is 0 Å². The van der Waals surface area contributed by atoms with E-state index < -0.39 is 0 Å². The third-order valence-electron chi connectivity index (χ3n) is 6.05. The number of rotatable bonds is 5. The molecule has 150 valence electrons. The van der Waals surface area contributed by atoms with Crippen molar-refractivity contribution in [2.24, 2.45) is 11.8 Å². The van der Waals surface area contributed by atoms with Crippen LogP contribution in [0.3, 0.4) is 0 Å². The fourth-order valence-corrected chi connectivity index (χ4v) is 4.14. The Balaban J connectivity index is 1.86. The van der Waals surface area contributed by atoms with E-state index in [4.69, 9.17) is 0 Å². The van der Waals surface area contributed by atoms with Gasteiger partial charge in [-0.15, -0.1) is 0 Å². The Kier molecular flexibility index (Phi) is 7.47. The minimum Gasteiger partial charge on any atom is -0.340 e. The number of likely N-dealkylation sites (N-methyl/N-ethyl adjacent to an activating group) is 2. The van der Waals surface area contributed by atoms with E-state index in [9.17, 15) is 9.59 Å². The summed E-state index contributed by atoms with van der Waals surface area (Å²) >= 11 is 0. The first-order valence-electron chi connectivity index (χ1n) is 10.2. The Morgan fingerprint density at radius 3 is 2.27 bits per heavy atom. The third kappa shape index (κ3) is 5.19. The van der Waals surface area contributed by atoms with Crippen LogP contribution < -0.4 is 0 Å². The maximum Gasteiger partial charge on any atom is 0.225 e. The molecule has 0 aromatic carbocycles. The summed E-state index contributed by atoms with van der Waals surface area (Å²) in [5.41, 5.74) is 0. The standard InChI is InChI=1S/C20H38N4O2/c1-15(2)19(25)23-11-10-22(6)18(14-23)8-7-16(3)20(26)24-12-9-21(5)13-17(24)4/h15-18H,7-14H2,1-6H3. The van der Waals surface area contributed by atoms with Gasteiger partial charge in [-0.2, -0.15) is 0 Å². The number of carbonyl (C=O) groups is 2. The molecule has 2 heterocycles. The zero-order chi connectivity index (χ0) is 19.4. The lowest BCUT2D eigenvalue weighted by molar-refractivity contribution is -0.140. The lowest BCUT2D eigenvalue weighted by Gasteiger charge is -2.41. The van der Waals surface area contributed by atoms with Crippen molar-refractivity contribution >= 4 is 11.8 Å². The molecule has 2 aliphatic heterocycles. The number of piperazine rings is 2. The summed E-state index contributed by atoms with van der Waals surface area (Å²) < 4.78 is 0. The Morgan fingerprint density at radius 2 is 1.65 bits per heavy atom. The lowest BCUT2D eigenvalue weighted by Crippen LogP contribution is -2.55. The molecule has 0 aromatic heterocycles.